The van der Waals surface area contributed by atoms with Crippen LogP contribution < -0.4 is 10.2 Å². The van der Waals surface area contributed by atoms with Gasteiger partial charge in [-0.05, 0) is 23.8 Å². The Hall–Kier alpha value is -4.06. The van der Waals surface area contributed by atoms with Gasteiger partial charge >= 0.3 is 0 Å². The first-order valence-corrected chi connectivity index (χ1v) is 9.10. The largest absolute Gasteiger partial charge is 0.483 e. The summed E-state index contributed by atoms with van der Waals surface area (Å²) < 4.78 is 5.70. The first kappa shape index (κ1) is 18.3. The second-order valence-corrected chi connectivity index (χ2v) is 6.23. The maximum atomic E-state index is 12.1. The summed E-state index contributed by atoms with van der Waals surface area (Å²) in [6, 6.07) is 25.0. The molecule has 0 fully saturated rings. The normalized spacial score (nSPS) is 10.9. The Balaban J connectivity index is 1.36. The Labute approximate surface area is 167 Å². The van der Waals surface area contributed by atoms with Gasteiger partial charge in [0.05, 0.1) is 23.4 Å². The topological polar surface area (TPSA) is 76.5 Å². The van der Waals surface area contributed by atoms with Gasteiger partial charge in [0.15, 0.2) is 6.61 Å². The molecule has 0 spiro atoms. The molecule has 0 unspecified atom stereocenters. The third kappa shape index (κ3) is 4.62. The minimum atomic E-state index is -0.363. The predicted molar refractivity (Wildman–Crippen MR) is 113 cm³/mol. The Bertz CT molecular complexity index is 1160. The van der Waals surface area contributed by atoms with E-state index < -0.39 is 0 Å². The number of aromatic nitrogens is 2. The number of para-hydroxylation sites is 3. The third-order valence-corrected chi connectivity index (χ3v) is 4.18. The van der Waals surface area contributed by atoms with Crippen LogP contribution in [0.25, 0.3) is 22.2 Å². The number of carbonyl (C=O) groups is 1. The van der Waals surface area contributed by atoms with E-state index in [4.69, 9.17) is 4.74 Å². The van der Waals surface area contributed by atoms with E-state index in [0.29, 0.717) is 11.4 Å². The van der Waals surface area contributed by atoms with E-state index in [1.165, 1.54) is 6.21 Å². The van der Waals surface area contributed by atoms with Crippen molar-refractivity contribution in [2.75, 3.05) is 6.61 Å². The third-order valence-electron chi connectivity index (χ3n) is 4.18. The molecule has 0 aliphatic rings. The molecule has 29 heavy (non-hydrogen) atoms. The maximum absolute atomic E-state index is 12.1. The average molecular weight is 382 g/mol. The van der Waals surface area contributed by atoms with E-state index in [1.807, 2.05) is 78.9 Å². The monoisotopic (exact) mass is 382 g/mol. The summed E-state index contributed by atoms with van der Waals surface area (Å²) in [5.41, 5.74) is 6.52. The number of nitrogens with one attached hydrogen (secondary N) is 1. The number of amides is 1. The van der Waals surface area contributed by atoms with E-state index in [-0.39, 0.29) is 12.5 Å². The lowest BCUT2D eigenvalue weighted by atomic mass is 10.1. The van der Waals surface area contributed by atoms with Gasteiger partial charge in [-0.15, -0.1) is 0 Å². The average Bonchev–Trinajstić information content (AvgIpc) is 2.78. The molecule has 4 aromatic rings. The molecule has 0 aliphatic heterocycles. The minimum Gasteiger partial charge on any atom is -0.483 e. The van der Waals surface area contributed by atoms with Crippen molar-refractivity contribution in [2.24, 2.45) is 5.10 Å². The van der Waals surface area contributed by atoms with Crippen molar-refractivity contribution in [3.05, 3.63) is 90.8 Å². The lowest BCUT2D eigenvalue weighted by Crippen LogP contribution is -2.24. The first-order valence-electron chi connectivity index (χ1n) is 9.10. The van der Waals surface area contributed by atoms with Crippen molar-refractivity contribution in [1.29, 1.82) is 0 Å². The summed E-state index contributed by atoms with van der Waals surface area (Å²) in [4.78, 5) is 20.8. The second-order valence-electron chi connectivity index (χ2n) is 6.23. The minimum absolute atomic E-state index is 0.148. The highest BCUT2D eigenvalue weighted by atomic mass is 16.5. The summed E-state index contributed by atoms with van der Waals surface area (Å²) in [5.74, 6) is 0.274. The Morgan fingerprint density at radius 1 is 0.931 bits per heavy atom. The zero-order valence-corrected chi connectivity index (χ0v) is 15.5. The molecule has 0 saturated carbocycles. The highest BCUT2D eigenvalue weighted by Gasteiger charge is 2.07. The molecule has 0 bridgehead atoms. The van der Waals surface area contributed by atoms with Gasteiger partial charge in [-0.1, -0.05) is 60.7 Å². The summed E-state index contributed by atoms with van der Waals surface area (Å²) in [5, 5.41) is 3.93. The van der Waals surface area contributed by atoms with Crippen LogP contribution in [-0.2, 0) is 4.79 Å². The van der Waals surface area contributed by atoms with Crippen LogP contribution in [0.1, 0.15) is 5.69 Å². The van der Waals surface area contributed by atoms with Gasteiger partial charge in [0, 0.05) is 5.56 Å². The van der Waals surface area contributed by atoms with E-state index in [2.05, 4.69) is 20.5 Å². The second kappa shape index (κ2) is 8.75. The van der Waals surface area contributed by atoms with Crippen LogP contribution in [0.5, 0.6) is 5.75 Å². The van der Waals surface area contributed by atoms with Crippen molar-refractivity contribution in [1.82, 2.24) is 15.4 Å². The van der Waals surface area contributed by atoms with E-state index >= 15 is 0 Å². The lowest BCUT2D eigenvalue weighted by molar-refractivity contribution is -0.123. The van der Waals surface area contributed by atoms with E-state index in [9.17, 15) is 4.79 Å². The fourth-order valence-electron chi connectivity index (χ4n) is 2.83. The summed E-state index contributed by atoms with van der Waals surface area (Å²) in [7, 11) is 0. The molecular formula is C23H18N4O2. The molecule has 4 rings (SSSR count). The lowest BCUT2D eigenvalue weighted by Gasteiger charge is -2.10. The van der Waals surface area contributed by atoms with Gasteiger partial charge in [0.1, 0.15) is 11.4 Å². The van der Waals surface area contributed by atoms with Crippen molar-refractivity contribution in [3.8, 4) is 16.9 Å². The summed E-state index contributed by atoms with van der Waals surface area (Å²) >= 11 is 0. The molecule has 1 aromatic heterocycles. The number of hydrogen-bond acceptors (Lipinski definition) is 5. The summed E-state index contributed by atoms with van der Waals surface area (Å²) in [6.07, 6.45) is 3.06. The fraction of sp³-hybridized carbons (Fsp3) is 0.0435. The van der Waals surface area contributed by atoms with Crippen molar-refractivity contribution in [2.45, 2.75) is 0 Å². The SMILES string of the molecule is O=C(COc1ccccc1-c1ccccc1)N/N=C\c1cnc2ccccc2n1. The van der Waals surface area contributed by atoms with Gasteiger partial charge in [-0.3, -0.25) is 9.78 Å². The van der Waals surface area contributed by atoms with Gasteiger partial charge < -0.3 is 4.74 Å². The van der Waals surface area contributed by atoms with Crippen LogP contribution in [0.4, 0.5) is 0 Å². The molecule has 0 aliphatic carbocycles. The number of rotatable bonds is 6. The molecule has 142 valence electrons. The first-order chi connectivity index (χ1) is 14.3. The molecular weight excluding hydrogens is 364 g/mol. The number of hydrogen-bond donors (Lipinski definition) is 1. The van der Waals surface area contributed by atoms with Crippen LogP contribution in [0.3, 0.4) is 0 Å². The highest BCUT2D eigenvalue weighted by Crippen LogP contribution is 2.29. The number of ether oxygens (including phenoxy) is 1. The highest BCUT2D eigenvalue weighted by molar-refractivity contribution is 5.84. The molecule has 0 saturated heterocycles. The summed E-state index contributed by atoms with van der Waals surface area (Å²) in [6.45, 7) is -0.148. The number of carbonyl (C=O) groups excluding carboxylic acids is 1. The van der Waals surface area contributed by atoms with Crippen molar-refractivity contribution in [3.63, 3.8) is 0 Å². The van der Waals surface area contributed by atoms with E-state index in [0.717, 1.165) is 22.2 Å². The molecule has 0 radical (unpaired) electrons. The molecule has 1 heterocycles. The van der Waals surface area contributed by atoms with Crippen LogP contribution in [-0.4, -0.2) is 28.7 Å². The maximum Gasteiger partial charge on any atom is 0.277 e. The van der Waals surface area contributed by atoms with E-state index in [1.54, 1.807) is 6.20 Å². The van der Waals surface area contributed by atoms with Crippen LogP contribution >= 0.6 is 0 Å². The number of hydrazone groups is 1. The van der Waals surface area contributed by atoms with Gasteiger partial charge in [-0.2, -0.15) is 5.10 Å². The smallest absolute Gasteiger partial charge is 0.277 e. The Morgan fingerprint density at radius 2 is 1.66 bits per heavy atom. The zero-order valence-electron chi connectivity index (χ0n) is 15.5. The van der Waals surface area contributed by atoms with Crippen molar-refractivity contribution >= 4 is 23.2 Å². The quantitative estimate of drug-likeness (QED) is 0.406. The molecule has 1 amide bonds. The standard InChI is InChI=1S/C23H18N4O2/c28-23(27-25-15-18-14-24-20-11-5-6-12-21(20)26-18)16-29-22-13-7-4-10-19(22)17-8-2-1-3-9-17/h1-15H,16H2,(H,27,28)/b25-15-. The molecule has 6 heteroatoms. The fourth-order valence-corrected chi connectivity index (χ4v) is 2.83. The molecule has 3 aromatic carbocycles. The predicted octanol–water partition coefficient (Wildman–Crippen LogP) is 3.83. The van der Waals surface area contributed by atoms with Crippen LogP contribution in [0.15, 0.2) is 90.2 Å². The molecule has 6 nitrogen and oxygen atoms in total. The number of nitrogens with zero attached hydrogens (tertiary/aromatic N) is 3. The Morgan fingerprint density at radius 3 is 2.52 bits per heavy atom. The molecule has 1 N–H and O–H groups in total. The van der Waals surface area contributed by atoms with Gasteiger partial charge in [0.25, 0.3) is 5.91 Å². The zero-order chi connectivity index (χ0) is 19.9. The Kier molecular flexibility index (Phi) is 5.53. The van der Waals surface area contributed by atoms with Gasteiger partial charge in [-0.25, -0.2) is 10.4 Å². The van der Waals surface area contributed by atoms with Crippen molar-refractivity contribution < 1.29 is 9.53 Å². The van der Waals surface area contributed by atoms with Crippen LogP contribution in [0, 0.1) is 0 Å². The molecule has 0 atom stereocenters. The van der Waals surface area contributed by atoms with Crippen LogP contribution in [0.2, 0.25) is 0 Å². The number of fused-ring (bicyclic) bond motifs is 1. The number of benzene rings is 3. The van der Waals surface area contributed by atoms with Gasteiger partial charge in [0.2, 0.25) is 0 Å².